The van der Waals surface area contributed by atoms with E-state index >= 15 is 0 Å². The van der Waals surface area contributed by atoms with Gasteiger partial charge >= 0.3 is 0 Å². The first-order valence-corrected chi connectivity index (χ1v) is 7.29. The van der Waals surface area contributed by atoms with Crippen LogP contribution in [0.2, 0.25) is 0 Å². The molecule has 0 aliphatic rings. The first-order valence-electron chi connectivity index (χ1n) is 7.29. The van der Waals surface area contributed by atoms with Gasteiger partial charge < -0.3 is 0 Å². The topological polar surface area (TPSA) is 23.5 Å². The van der Waals surface area contributed by atoms with Gasteiger partial charge in [0.15, 0.2) is 0 Å². The molecule has 0 fully saturated rings. The van der Waals surface area contributed by atoms with Gasteiger partial charge in [-0.15, -0.1) is 0 Å². The van der Waals surface area contributed by atoms with Gasteiger partial charge in [0.05, 0.1) is 5.69 Å². The highest BCUT2D eigenvalue weighted by molar-refractivity contribution is 5.73. The molecule has 1 aromatic carbocycles. The number of benzene rings is 1. The molecule has 0 aliphatic heterocycles. The molecule has 1 aromatic rings. The summed E-state index contributed by atoms with van der Waals surface area (Å²) in [5.41, 5.74) is 6.41. The van der Waals surface area contributed by atoms with Crippen molar-refractivity contribution in [1.29, 1.82) is 0 Å². The summed E-state index contributed by atoms with van der Waals surface area (Å²) in [5, 5.41) is 10.8. The number of nitrogens with zero attached hydrogens (tertiary/aromatic N) is 1. The van der Waals surface area contributed by atoms with Gasteiger partial charge in [-0.2, -0.15) is 0 Å². The van der Waals surface area contributed by atoms with E-state index in [1.807, 2.05) is 6.07 Å². The Bertz CT molecular complexity index is 447. The number of hydroxylamine groups is 1. The van der Waals surface area contributed by atoms with Crippen molar-refractivity contribution in [3.8, 4) is 0 Å². The Balaban J connectivity index is 3.34. The third kappa shape index (κ3) is 3.84. The highest BCUT2D eigenvalue weighted by Gasteiger charge is 2.10. The molecule has 0 amide bonds. The molecule has 0 spiro atoms. The lowest BCUT2D eigenvalue weighted by atomic mass is 9.90. The number of allylic oxidation sites excluding steroid dienone is 2. The summed E-state index contributed by atoms with van der Waals surface area (Å²) in [6, 6.07) is 6.14. The van der Waals surface area contributed by atoms with Crippen LogP contribution in [-0.4, -0.2) is 12.3 Å². The van der Waals surface area contributed by atoms with E-state index in [1.54, 1.807) is 12.6 Å². The lowest BCUT2D eigenvalue weighted by Crippen LogP contribution is -2.10. The Kier molecular flexibility index (Phi) is 6.10. The third-order valence-electron chi connectivity index (χ3n) is 3.68. The molecule has 0 saturated carbocycles. The van der Waals surface area contributed by atoms with Crippen LogP contribution in [0.1, 0.15) is 57.6 Å². The monoisotopic (exact) mass is 261 g/mol. The van der Waals surface area contributed by atoms with E-state index in [2.05, 4.69) is 39.8 Å². The molecular weight excluding hydrogens is 234 g/mol. The van der Waals surface area contributed by atoms with Gasteiger partial charge in [-0.25, -0.2) is 0 Å². The van der Waals surface area contributed by atoms with Gasteiger partial charge in [0, 0.05) is 7.05 Å². The zero-order valence-corrected chi connectivity index (χ0v) is 13.0. The maximum atomic E-state index is 9.61. The minimum absolute atomic E-state index is 0.846. The van der Waals surface area contributed by atoms with Crippen molar-refractivity contribution in [1.82, 2.24) is 0 Å². The van der Waals surface area contributed by atoms with E-state index in [1.165, 1.54) is 28.2 Å². The van der Waals surface area contributed by atoms with Crippen molar-refractivity contribution in [2.45, 2.75) is 53.4 Å². The second-order valence-electron chi connectivity index (χ2n) is 5.06. The van der Waals surface area contributed by atoms with E-state index in [4.69, 9.17) is 0 Å². The number of aryl methyl sites for hydroxylation is 1. The molecule has 106 valence electrons. The van der Waals surface area contributed by atoms with E-state index in [0.29, 0.717) is 0 Å². The van der Waals surface area contributed by atoms with Gasteiger partial charge in [-0.3, -0.25) is 10.3 Å². The van der Waals surface area contributed by atoms with Gasteiger partial charge in [0.2, 0.25) is 0 Å². The van der Waals surface area contributed by atoms with Crippen molar-refractivity contribution in [3.05, 3.63) is 34.9 Å². The number of anilines is 1. The fraction of sp³-hybridized carbons (Fsp3) is 0.529. The number of rotatable bonds is 6. The van der Waals surface area contributed by atoms with E-state index in [9.17, 15) is 5.21 Å². The van der Waals surface area contributed by atoms with E-state index in [0.717, 1.165) is 24.9 Å². The van der Waals surface area contributed by atoms with Gasteiger partial charge in [-0.1, -0.05) is 38.8 Å². The van der Waals surface area contributed by atoms with Crippen LogP contribution in [0.25, 0.3) is 5.57 Å². The summed E-state index contributed by atoms with van der Waals surface area (Å²) in [6.45, 7) is 8.83. The molecule has 1 N–H and O–H groups in total. The van der Waals surface area contributed by atoms with Crippen LogP contribution in [-0.2, 0) is 0 Å². The second-order valence-corrected chi connectivity index (χ2v) is 5.06. The summed E-state index contributed by atoms with van der Waals surface area (Å²) < 4.78 is 0. The minimum Gasteiger partial charge on any atom is -0.289 e. The van der Waals surface area contributed by atoms with Gasteiger partial charge in [0.25, 0.3) is 0 Å². The molecule has 0 heterocycles. The zero-order valence-electron chi connectivity index (χ0n) is 13.0. The Morgan fingerprint density at radius 2 is 1.84 bits per heavy atom. The van der Waals surface area contributed by atoms with E-state index < -0.39 is 0 Å². The minimum atomic E-state index is 0.846. The summed E-state index contributed by atoms with van der Waals surface area (Å²) >= 11 is 0. The van der Waals surface area contributed by atoms with Crippen molar-refractivity contribution in [2.75, 3.05) is 12.1 Å². The first kappa shape index (κ1) is 15.8. The lowest BCUT2D eigenvalue weighted by Gasteiger charge is -2.18. The van der Waals surface area contributed by atoms with Crippen LogP contribution < -0.4 is 5.06 Å². The molecular formula is C17H27NO. The van der Waals surface area contributed by atoms with Crippen molar-refractivity contribution < 1.29 is 5.21 Å². The highest BCUT2D eigenvalue weighted by atomic mass is 16.5. The highest BCUT2D eigenvalue weighted by Crippen LogP contribution is 2.31. The summed E-state index contributed by atoms with van der Waals surface area (Å²) in [4.78, 5) is 0. The molecule has 0 bridgehead atoms. The van der Waals surface area contributed by atoms with Crippen LogP contribution in [0.15, 0.2) is 23.8 Å². The van der Waals surface area contributed by atoms with Crippen LogP contribution in [0.3, 0.4) is 0 Å². The zero-order chi connectivity index (χ0) is 14.4. The van der Waals surface area contributed by atoms with Gasteiger partial charge in [-0.05, 0) is 55.0 Å². The lowest BCUT2D eigenvalue weighted by molar-refractivity contribution is 0.279. The molecule has 2 heteroatoms. The fourth-order valence-corrected chi connectivity index (χ4v) is 2.61. The number of hydrogen-bond donors (Lipinski definition) is 1. The molecule has 0 aliphatic carbocycles. The molecule has 2 nitrogen and oxygen atoms in total. The Morgan fingerprint density at radius 3 is 2.32 bits per heavy atom. The molecule has 0 radical (unpaired) electrons. The largest absolute Gasteiger partial charge is 0.289 e. The maximum absolute atomic E-state index is 9.61. The molecule has 0 atom stereocenters. The standard InChI is InChI=1S/C17H27NO/c1-6-9-14(7-2)16(8-3)17-12-15(18(5)19)11-10-13(17)4/h10-12,19H,6-9H2,1-5H3/b16-14+. The third-order valence-corrected chi connectivity index (χ3v) is 3.68. The van der Waals surface area contributed by atoms with E-state index in [-0.39, 0.29) is 0 Å². The molecule has 19 heavy (non-hydrogen) atoms. The van der Waals surface area contributed by atoms with Crippen LogP contribution in [0.4, 0.5) is 5.69 Å². The summed E-state index contributed by atoms with van der Waals surface area (Å²) in [5.74, 6) is 0. The van der Waals surface area contributed by atoms with Crippen LogP contribution in [0, 0.1) is 6.92 Å². The Labute approximate surface area is 117 Å². The maximum Gasteiger partial charge on any atom is 0.0637 e. The predicted molar refractivity (Wildman–Crippen MR) is 83.8 cm³/mol. The summed E-state index contributed by atoms with van der Waals surface area (Å²) in [6.07, 6.45) is 4.50. The van der Waals surface area contributed by atoms with Crippen LogP contribution in [0.5, 0.6) is 0 Å². The Morgan fingerprint density at radius 1 is 1.16 bits per heavy atom. The first-order chi connectivity index (χ1) is 9.04. The smallest absolute Gasteiger partial charge is 0.0637 e. The quantitative estimate of drug-likeness (QED) is 0.712. The average molecular weight is 261 g/mol. The van der Waals surface area contributed by atoms with Crippen molar-refractivity contribution in [2.24, 2.45) is 0 Å². The molecule has 0 saturated heterocycles. The molecule has 0 aromatic heterocycles. The Hall–Kier alpha value is -1.28. The van der Waals surface area contributed by atoms with Crippen molar-refractivity contribution in [3.63, 3.8) is 0 Å². The normalized spacial score (nSPS) is 12.3. The van der Waals surface area contributed by atoms with Crippen molar-refractivity contribution >= 4 is 11.3 Å². The molecule has 1 rings (SSSR count). The average Bonchev–Trinajstić information content (AvgIpc) is 2.40. The van der Waals surface area contributed by atoms with Crippen LogP contribution >= 0.6 is 0 Å². The second kappa shape index (κ2) is 7.34. The van der Waals surface area contributed by atoms with Gasteiger partial charge in [0.1, 0.15) is 0 Å². The summed E-state index contributed by atoms with van der Waals surface area (Å²) in [7, 11) is 1.66. The number of hydrogen-bond acceptors (Lipinski definition) is 2. The fourth-order valence-electron chi connectivity index (χ4n) is 2.61. The predicted octanol–water partition coefficient (Wildman–Crippen LogP) is 5.19. The SMILES string of the molecule is CCC/C(CC)=C(\CC)c1cc(N(C)O)ccc1C. The molecule has 0 unspecified atom stereocenters.